The average molecular weight is 541 g/mol. The number of rotatable bonds is 15. The van der Waals surface area contributed by atoms with Crippen molar-refractivity contribution in [1.82, 2.24) is 16.0 Å². The molecular formula is C24H40N6O8. The maximum Gasteiger partial charge on any atom is 0.270 e. The van der Waals surface area contributed by atoms with Crippen molar-refractivity contribution in [3.63, 3.8) is 0 Å². The third-order valence-electron chi connectivity index (χ3n) is 5.07. The SMILES string of the molecule is CC.CCOc1c(C)cc([N+](=O)[O-])cc1C(=O)NC(CCCCN)C(=O)NC(C(=O)NCC(N)=O)C(C)O. The molecule has 8 N–H and O–H groups in total. The van der Waals surface area contributed by atoms with E-state index >= 15 is 0 Å². The fourth-order valence-electron chi connectivity index (χ4n) is 3.31. The van der Waals surface area contributed by atoms with Crippen molar-refractivity contribution in [2.45, 2.75) is 72.1 Å². The minimum Gasteiger partial charge on any atom is -0.493 e. The summed E-state index contributed by atoms with van der Waals surface area (Å²) in [4.78, 5) is 60.1. The number of amides is 4. The number of nitro groups is 1. The Morgan fingerprint density at radius 1 is 1.13 bits per heavy atom. The second kappa shape index (κ2) is 17.6. The van der Waals surface area contributed by atoms with E-state index in [1.165, 1.54) is 13.0 Å². The van der Waals surface area contributed by atoms with Gasteiger partial charge in [-0.3, -0.25) is 29.3 Å². The second-order valence-electron chi connectivity index (χ2n) is 8.05. The number of nitrogens with two attached hydrogens (primary N) is 2. The van der Waals surface area contributed by atoms with Gasteiger partial charge >= 0.3 is 0 Å². The third kappa shape index (κ3) is 11.1. The van der Waals surface area contributed by atoms with Crippen molar-refractivity contribution in [3.05, 3.63) is 33.4 Å². The van der Waals surface area contributed by atoms with Gasteiger partial charge in [0.05, 0.1) is 29.7 Å². The Morgan fingerprint density at radius 3 is 2.26 bits per heavy atom. The summed E-state index contributed by atoms with van der Waals surface area (Å²) in [5.41, 5.74) is 10.4. The maximum absolute atomic E-state index is 13.1. The number of benzene rings is 1. The van der Waals surface area contributed by atoms with E-state index in [2.05, 4.69) is 16.0 Å². The zero-order chi connectivity index (χ0) is 29.4. The number of carbonyl (C=O) groups is 4. The highest BCUT2D eigenvalue weighted by Crippen LogP contribution is 2.29. The first-order valence-corrected chi connectivity index (χ1v) is 12.4. The summed E-state index contributed by atoms with van der Waals surface area (Å²) in [7, 11) is 0. The molecule has 14 heteroatoms. The quantitative estimate of drug-likeness (QED) is 0.0999. The Balaban J connectivity index is 0.00000667. The highest BCUT2D eigenvalue weighted by Gasteiger charge is 2.31. The van der Waals surface area contributed by atoms with Crippen LogP contribution in [0.25, 0.3) is 0 Å². The lowest BCUT2D eigenvalue weighted by Crippen LogP contribution is -2.57. The van der Waals surface area contributed by atoms with Gasteiger partial charge in [-0.2, -0.15) is 0 Å². The smallest absolute Gasteiger partial charge is 0.270 e. The molecule has 0 radical (unpaired) electrons. The number of aliphatic hydroxyl groups is 1. The fourth-order valence-corrected chi connectivity index (χ4v) is 3.31. The average Bonchev–Trinajstić information content (AvgIpc) is 2.86. The van der Waals surface area contributed by atoms with Crippen LogP contribution in [-0.2, 0) is 14.4 Å². The van der Waals surface area contributed by atoms with Gasteiger partial charge < -0.3 is 37.3 Å². The Hall–Kier alpha value is -3.78. The molecule has 0 saturated carbocycles. The van der Waals surface area contributed by atoms with E-state index in [0.717, 1.165) is 6.07 Å². The lowest BCUT2D eigenvalue weighted by molar-refractivity contribution is -0.384. The van der Waals surface area contributed by atoms with Crippen LogP contribution in [0.1, 0.15) is 62.9 Å². The van der Waals surface area contributed by atoms with E-state index in [4.69, 9.17) is 16.2 Å². The molecule has 0 saturated heterocycles. The third-order valence-corrected chi connectivity index (χ3v) is 5.07. The van der Waals surface area contributed by atoms with Crippen LogP contribution in [0.15, 0.2) is 12.1 Å². The van der Waals surface area contributed by atoms with E-state index in [0.29, 0.717) is 24.9 Å². The maximum atomic E-state index is 13.1. The lowest BCUT2D eigenvalue weighted by atomic mass is 10.0. The van der Waals surface area contributed by atoms with Crippen molar-refractivity contribution < 1.29 is 33.9 Å². The molecule has 1 aromatic carbocycles. The van der Waals surface area contributed by atoms with E-state index < -0.39 is 53.3 Å². The van der Waals surface area contributed by atoms with Crippen LogP contribution in [0, 0.1) is 17.0 Å². The Labute approximate surface area is 222 Å². The van der Waals surface area contributed by atoms with E-state index in [1.807, 2.05) is 13.8 Å². The number of unbranched alkanes of at least 4 members (excludes halogenated alkanes) is 1. The number of nitrogens with zero attached hydrogens (tertiary/aromatic N) is 1. The van der Waals surface area contributed by atoms with Crippen molar-refractivity contribution in [3.8, 4) is 5.75 Å². The molecular weight excluding hydrogens is 500 g/mol. The summed E-state index contributed by atoms with van der Waals surface area (Å²) >= 11 is 0. The monoisotopic (exact) mass is 540 g/mol. The molecule has 0 bridgehead atoms. The van der Waals surface area contributed by atoms with Crippen LogP contribution in [0.3, 0.4) is 0 Å². The molecule has 0 fully saturated rings. The highest BCUT2D eigenvalue weighted by molar-refractivity contribution is 6.01. The van der Waals surface area contributed by atoms with Crippen LogP contribution in [0.5, 0.6) is 5.75 Å². The van der Waals surface area contributed by atoms with Crippen molar-refractivity contribution >= 4 is 29.3 Å². The number of nitrogens with one attached hydrogen (secondary N) is 3. The van der Waals surface area contributed by atoms with E-state index in [1.54, 1.807) is 13.8 Å². The predicted octanol–water partition coefficient (Wildman–Crippen LogP) is 0.0226. The summed E-state index contributed by atoms with van der Waals surface area (Å²) < 4.78 is 5.51. The van der Waals surface area contributed by atoms with Crippen LogP contribution < -0.4 is 32.2 Å². The number of ether oxygens (including phenoxy) is 1. The van der Waals surface area contributed by atoms with Gasteiger partial charge in [0, 0.05) is 12.1 Å². The normalized spacial score (nSPS) is 12.6. The number of hydrogen-bond donors (Lipinski definition) is 6. The van der Waals surface area contributed by atoms with Gasteiger partial charge in [0.25, 0.3) is 11.6 Å². The first kappa shape index (κ1) is 34.2. The van der Waals surface area contributed by atoms with Gasteiger partial charge in [-0.05, 0) is 52.1 Å². The molecule has 0 heterocycles. The molecule has 0 spiro atoms. The molecule has 1 rings (SSSR count). The number of aryl methyl sites for hydroxylation is 1. The van der Waals surface area contributed by atoms with Gasteiger partial charge in [0.1, 0.15) is 17.8 Å². The minimum absolute atomic E-state index is 0.127. The standard InChI is InChI=1S/C22H34N6O8.C2H6/c1-4-36-19-12(2)9-14(28(34)35)10-15(19)20(31)26-16(7-5-6-8-23)21(32)27-18(13(3)29)22(33)25-11-17(24)30;1-2/h9-10,13,16,18,29H,4-8,11,23H2,1-3H3,(H2,24,30)(H,25,33)(H,26,31)(H,27,32);1-2H3. The van der Waals surface area contributed by atoms with Gasteiger partial charge in [-0.1, -0.05) is 13.8 Å². The summed E-state index contributed by atoms with van der Waals surface area (Å²) in [6, 6.07) is -0.295. The number of aliphatic hydroxyl groups excluding tert-OH is 1. The van der Waals surface area contributed by atoms with Crippen LogP contribution in [0.4, 0.5) is 5.69 Å². The molecule has 3 unspecified atom stereocenters. The van der Waals surface area contributed by atoms with Crippen molar-refractivity contribution in [1.29, 1.82) is 0 Å². The molecule has 4 amide bonds. The van der Waals surface area contributed by atoms with Crippen LogP contribution in [0.2, 0.25) is 0 Å². The zero-order valence-corrected chi connectivity index (χ0v) is 22.5. The molecule has 3 atom stereocenters. The van der Waals surface area contributed by atoms with Gasteiger partial charge in [0.2, 0.25) is 17.7 Å². The Bertz CT molecular complexity index is 969. The van der Waals surface area contributed by atoms with Crippen molar-refractivity contribution in [2.24, 2.45) is 11.5 Å². The van der Waals surface area contributed by atoms with Gasteiger partial charge in [-0.25, -0.2) is 0 Å². The molecule has 38 heavy (non-hydrogen) atoms. The number of non-ortho nitro benzene ring substituents is 1. The largest absolute Gasteiger partial charge is 0.493 e. The number of carbonyl (C=O) groups excluding carboxylic acids is 4. The topological polar surface area (TPSA) is 229 Å². The Kier molecular flexibility index (Phi) is 15.9. The Morgan fingerprint density at radius 2 is 1.76 bits per heavy atom. The predicted molar refractivity (Wildman–Crippen MR) is 140 cm³/mol. The summed E-state index contributed by atoms with van der Waals surface area (Å²) in [6.45, 7) is 8.53. The second-order valence-corrected chi connectivity index (χ2v) is 8.05. The summed E-state index contributed by atoms with van der Waals surface area (Å²) in [6.07, 6.45) is -0.235. The first-order chi connectivity index (χ1) is 17.9. The molecule has 0 aliphatic carbocycles. The van der Waals surface area contributed by atoms with E-state index in [-0.39, 0.29) is 30.0 Å². The highest BCUT2D eigenvalue weighted by atomic mass is 16.6. The molecule has 0 aromatic heterocycles. The number of hydrogen-bond acceptors (Lipinski definition) is 9. The minimum atomic E-state index is -1.44. The first-order valence-electron chi connectivity index (χ1n) is 12.4. The van der Waals surface area contributed by atoms with Gasteiger partial charge in [-0.15, -0.1) is 0 Å². The molecule has 214 valence electrons. The van der Waals surface area contributed by atoms with Crippen molar-refractivity contribution in [2.75, 3.05) is 19.7 Å². The summed E-state index contributed by atoms with van der Waals surface area (Å²) in [5, 5.41) is 28.4. The number of nitro benzene ring substituents is 1. The lowest BCUT2D eigenvalue weighted by Gasteiger charge is -2.25. The number of primary amides is 1. The van der Waals surface area contributed by atoms with Crippen LogP contribution >= 0.6 is 0 Å². The summed E-state index contributed by atoms with van der Waals surface area (Å²) in [5.74, 6) is -3.12. The van der Waals surface area contributed by atoms with Gasteiger partial charge in [0.15, 0.2) is 0 Å². The fraction of sp³-hybridized carbons (Fsp3) is 0.583. The zero-order valence-electron chi connectivity index (χ0n) is 22.5. The molecule has 1 aromatic rings. The van der Waals surface area contributed by atoms with Crippen LogP contribution in [-0.4, -0.2) is 71.5 Å². The molecule has 0 aliphatic heterocycles. The molecule has 0 aliphatic rings. The molecule has 14 nitrogen and oxygen atoms in total. The van der Waals surface area contributed by atoms with E-state index in [9.17, 15) is 34.4 Å².